The number of hydrogen-bond donors (Lipinski definition) is 0. The molecule has 0 radical (unpaired) electrons. The Morgan fingerprint density at radius 3 is 2.25 bits per heavy atom. The molecule has 0 saturated heterocycles. The molecular formula is C14H26O2. The summed E-state index contributed by atoms with van der Waals surface area (Å²) in [4.78, 5) is 10.8. The van der Waals surface area contributed by atoms with E-state index in [0.29, 0.717) is 6.42 Å². The van der Waals surface area contributed by atoms with E-state index in [0.717, 1.165) is 6.42 Å². The maximum absolute atomic E-state index is 10.8. The van der Waals surface area contributed by atoms with Gasteiger partial charge in [-0.25, -0.2) is 0 Å². The number of methoxy groups -OCH3 is 1. The Balaban J connectivity index is 3.11. The Bertz CT molecular complexity index is 185. The van der Waals surface area contributed by atoms with Crippen LogP contribution in [0.5, 0.6) is 0 Å². The number of allylic oxidation sites excluding steroid dienone is 1. The first-order valence-electron chi connectivity index (χ1n) is 6.53. The highest BCUT2D eigenvalue weighted by atomic mass is 16.5. The number of carbonyl (C=O) groups excluding carboxylic acids is 1. The summed E-state index contributed by atoms with van der Waals surface area (Å²) in [5.41, 5.74) is 0. The Labute approximate surface area is 100 Å². The molecule has 2 nitrogen and oxygen atoms in total. The van der Waals surface area contributed by atoms with Crippen molar-refractivity contribution in [2.75, 3.05) is 7.11 Å². The largest absolute Gasteiger partial charge is 0.469 e. The second kappa shape index (κ2) is 12.3. The standard InChI is InChI=1S/C14H26O2/c1-3-4-5-6-7-8-9-10-11-12-13-14(15)16-2/h11-12H,3-10,13H2,1-2H3/b12-11-. The van der Waals surface area contributed by atoms with Crippen molar-refractivity contribution >= 4 is 5.97 Å². The lowest BCUT2D eigenvalue weighted by atomic mass is 10.1. The Hall–Kier alpha value is -0.790. The van der Waals surface area contributed by atoms with Gasteiger partial charge in [-0.15, -0.1) is 0 Å². The van der Waals surface area contributed by atoms with Crippen molar-refractivity contribution in [3.05, 3.63) is 12.2 Å². The third kappa shape index (κ3) is 11.3. The monoisotopic (exact) mass is 226 g/mol. The van der Waals surface area contributed by atoms with E-state index in [1.165, 1.54) is 52.1 Å². The summed E-state index contributed by atoms with van der Waals surface area (Å²) < 4.78 is 4.54. The number of hydrogen-bond acceptors (Lipinski definition) is 2. The van der Waals surface area contributed by atoms with E-state index in [1.807, 2.05) is 6.08 Å². The summed E-state index contributed by atoms with van der Waals surface area (Å²) in [5.74, 6) is -0.157. The second-order valence-corrected chi connectivity index (χ2v) is 4.16. The average Bonchev–Trinajstić information content (AvgIpc) is 2.31. The minimum atomic E-state index is -0.157. The Morgan fingerprint density at radius 1 is 1.00 bits per heavy atom. The molecule has 0 heterocycles. The van der Waals surface area contributed by atoms with Crippen LogP contribution in [0.2, 0.25) is 0 Å². The van der Waals surface area contributed by atoms with Crippen LogP contribution in [0.1, 0.15) is 64.7 Å². The third-order valence-corrected chi connectivity index (χ3v) is 2.65. The van der Waals surface area contributed by atoms with E-state index >= 15 is 0 Å². The van der Waals surface area contributed by atoms with Gasteiger partial charge in [-0.2, -0.15) is 0 Å². The van der Waals surface area contributed by atoms with Gasteiger partial charge in [0.1, 0.15) is 0 Å². The summed E-state index contributed by atoms with van der Waals surface area (Å²) >= 11 is 0. The lowest BCUT2D eigenvalue weighted by Crippen LogP contribution is -1.96. The summed E-state index contributed by atoms with van der Waals surface area (Å²) in [6.07, 6.45) is 14.8. The van der Waals surface area contributed by atoms with Gasteiger partial charge in [0.15, 0.2) is 0 Å². The van der Waals surface area contributed by atoms with Crippen LogP contribution in [0.25, 0.3) is 0 Å². The molecule has 0 aromatic carbocycles. The van der Waals surface area contributed by atoms with Crippen LogP contribution in [0, 0.1) is 0 Å². The molecule has 0 spiro atoms. The minimum absolute atomic E-state index is 0.157. The molecule has 0 aliphatic rings. The van der Waals surface area contributed by atoms with Gasteiger partial charge in [-0.3, -0.25) is 4.79 Å². The van der Waals surface area contributed by atoms with Crippen LogP contribution in [0.3, 0.4) is 0 Å². The predicted molar refractivity (Wildman–Crippen MR) is 68.4 cm³/mol. The van der Waals surface area contributed by atoms with Crippen LogP contribution >= 0.6 is 0 Å². The topological polar surface area (TPSA) is 26.3 Å². The van der Waals surface area contributed by atoms with E-state index in [-0.39, 0.29) is 5.97 Å². The van der Waals surface area contributed by atoms with Crippen molar-refractivity contribution in [1.82, 2.24) is 0 Å². The molecule has 0 amide bonds. The van der Waals surface area contributed by atoms with E-state index < -0.39 is 0 Å². The van der Waals surface area contributed by atoms with Crippen molar-refractivity contribution in [3.8, 4) is 0 Å². The normalized spacial score (nSPS) is 10.9. The second-order valence-electron chi connectivity index (χ2n) is 4.16. The van der Waals surface area contributed by atoms with Gasteiger partial charge in [0, 0.05) is 0 Å². The molecule has 0 aromatic rings. The Kier molecular flexibility index (Phi) is 11.7. The number of unbranched alkanes of at least 4 members (excludes halogenated alkanes) is 7. The van der Waals surface area contributed by atoms with Crippen molar-refractivity contribution in [2.45, 2.75) is 64.7 Å². The van der Waals surface area contributed by atoms with Crippen LogP contribution in [0.4, 0.5) is 0 Å². The zero-order chi connectivity index (χ0) is 12.1. The molecule has 0 bridgehead atoms. The quantitative estimate of drug-likeness (QED) is 0.316. The van der Waals surface area contributed by atoms with Crippen molar-refractivity contribution < 1.29 is 9.53 Å². The summed E-state index contributed by atoms with van der Waals surface area (Å²) in [6, 6.07) is 0. The number of ether oxygens (including phenoxy) is 1. The fraction of sp³-hybridized carbons (Fsp3) is 0.786. The van der Waals surface area contributed by atoms with E-state index in [1.54, 1.807) is 0 Å². The van der Waals surface area contributed by atoms with Gasteiger partial charge < -0.3 is 4.74 Å². The molecule has 0 N–H and O–H groups in total. The minimum Gasteiger partial charge on any atom is -0.469 e. The number of esters is 1. The van der Waals surface area contributed by atoms with Crippen LogP contribution in [-0.4, -0.2) is 13.1 Å². The first kappa shape index (κ1) is 15.2. The SMILES string of the molecule is CCCCCCCCC/C=C\CC(=O)OC. The smallest absolute Gasteiger partial charge is 0.309 e. The van der Waals surface area contributed by atoms with Crippen LogP contribution < -0.4 is 0 Å². The molecule has 0 atom stereocenters. The van der Waals surface area contributed by atoms with Crippen molar-refractivity contribution in [3.63, 3.8) is 0 Å². The molecule has 94 valence electrons. The summed E-state index contributed by atoms with van der Waals surface area (Å²) in [7, 11) is 1.42. The summed E-state index contributed by atoms with van der Waals surface area (Å²) in [6.45, 7) is 2.24. The highest BCUT2D eigenvalue weighted by Crippen LogP contribution is 2.08. The third-order valence-electron chi connectivity index (χ3n) is 2.65. The molecule has 0 aliphatic carbocycles. The van der Waals surface area contributed by atoms with E-state index in [4.69, 9.17) is 0 Å². The van der Waals surface area contributed by atoms with Crippen molar-refractivity contribution in [2.24, 2.45) is 0 Å². The molecule has 0 fully saturated rings. The number of carbonyl (C=O) groups is 1. The lowest BCUT2D eigenvalue weighted by Gasteiger charge is -1.98. The number of rotatable bonds is 10. The lowest BCUT2D eigenvalue weighted by molar-refractivity contribution is -0.139. The zero-order valence-electron chi connectivity index (χ0n) is 10.8. The molecule has 16 heavy (non-hydrogen) atoms. The van der Waals surface area contributed by atoms with Crippen molar-refractivity contribution in [1.29, 1.82) is 0 Å². The Morgan fingerprint density at radius 2 is 1.62 bits per heavy atom. The maximum Gasteiger partial charge on any atom is 0.309 e. The molecular weight excluding hydrogens is 200 g/mol. The summed E-state index contributed by atoms with van der Waals surface area (Å²) in [5, 5.41) is 0. The molecule has 0 aromatic heterocycles. The fourth-order valence-electron chi connectivity index (χ4n) is 1.60. The van der Waals surface area contributed by atoms with Crippen LogP contribution in [-0.2, 0) is 9.53 Å². The van der Waals surface area contributed by atoms with E-state index in [9.17, 15) is 4.79 Å². The predicted octanol–water partition coefficient (Wildman–Crippen LogP) is 4.25. The van der Waals surface area contributed by atoms with E-state index in [2.05, 4.69) is 17.7 Å². The first-order chi connectivity index (χ1) is 7.81. The molecule has 0 rings (SSSR count). The van der Waals surface area contributed by atoms with Gasteiger partial charge in [0.2, 0.25) is 0 Å². The van der Waals surface area contributed by atoms with Crippen LogP contribution in [0.15, 0.2) is 12.2 Å². The first-order valence-corrected chi connectivity index (χ1v) is 6.53. The molecule has 0 saturated carbocycles. The van der Waals surface area contributed by atoms with Gasteiger partial charge in [-0.1, -0.05) is 57.6 Å². The van der Waals surface area contributed by atoms with Gasteiger partial charge in [-0.05, 0) is 12.8 Å². The molecule has 0 aliphatic heterocycles. The fourth-order valence-corrected chi connectivity index (χ4v) is 1.60. The average molecular weight is 226 g/mol. The van der Waals surface area contributed by atoms with Gasteiger partial charge in [0.05, 0.1) is 13.5 Å². The maximum atomic E-state index is 10.8. The molecule has 0 unspecified atom stereocenters. The van der Waals surface area contributed by atoms with Gasteiger partial charge >= 0.3 is 5.97 Å². The molecule has 2 heteroatoms. The zero-order valence-corrected chi connectivity index (χ0v) is 10.8. The highest BCUT2D eigenvalue weighted by molar-refractivity contribution is 5.70. The van der Waals surface area contributed by atoms with Gasteiger partial charge in [0.25, 0.3) is 0 Å². The highest BCUT2D eigenvalue weighted by Gasteiger charge is 1.93.